The van der Waals surface area contributed by atoms with Crippen LogP contribution in [0, 0.1) is 29.1 Å². The van der Waals surface area contributed by atoms with Crippen molar-refractivity contribution in [2.75, 3.05) is 13.1 Å². The Hall–Kier alpha value is -0.680. The molecule has 4 aliphatic rings. The van der Waals surface area contributed by atoms with E-state index < -0.39 is 0 Å². The van der Waals surface area contributed by atoms with Crippen LogP contribution in [0.2, 0.25) is 0 Å². The van der Waals surface area contributed by atoms with Gasteiger partial charge in [-0.1, -0.05) is 38.0 Å². The molecule has 8 atom stereocenters. The van der Waals surface area contributed by atoms with Gasteiger partial charge in [0, 0.05) is 0 Å². The molecule has 4 heteroatoms. The summed E-state index contributed by atoms with van der Waals surface area (Å²) >= 11 is 0. The number of allylic oxidation sites excluding steroid dienone is 2. The van der Waals surface area contributed by atoms with Crippen LogP contribution in [0.3, 0.4) is 0 Å². The second kappa shape index (κ2) is 9.05. The Labute approximate surface area is 183 Å². The highest BCUT2D eigenvalue weighted by molar-refractivity contribution is 5.34. The quantitative estimate of drug-likeness (QED) is 0.421. The Morgan fingerprint density at radius 2 is 2.10 bits per heavy atom. The average molecular weight is 417 g/mol. The van der Waals surface area contributed by atoms with E-state index in [1.54, 1.807) is 11.1 Å². The highest BCUT2D eigenvalue weighted by Gasteiger charge is 2.53. The molecule has 8 unspecified atom stereocenters. The molecule has 4 nitrogen and oxygen atoms in total. The van der Waals surface area contributed by atoms with Gasteiger partial charge in [0.2, 0.25) is 0 Å². The number of fused-ring (bicyclic) bond motifs is 5. The zero-order valence-electron chi connectivity index (χ0n) is 19.6. The molecule has 0 aromatic heterocycles. The van der Waals surface area contributed by atoms with E-state index in [-0.39, 0.29) is 18.4 Å². The van der Waals surface area contributed by atoms with Crippen molar-refractivity contribution in [2.45, 2.75) is 97.5 Å². The minimum absolute atomic E-state index is 0.0972. The van der Waals surface area contributed by atoms with Gasteiger partial charge in [-0.05, 0) is 106 Å². The van der Waals surface area contributed by atoms with Crippen LogP contribution < -0.4 is 11.1 Å². The minimum Gasteiger partial charge on any atom is -0.393 e. The van der Waals surface area contributed by atoms with Gasteiger partial charge in [0.25, 0.3) is 0 Å². The van der Waals surface area contributed by atoms with Gasteiger partial charge in [-0.3, -0.25) is 5.32 Å². The number of nitrogens with two attached hydrogens (primary N) is 1. The van der Waals surface area contributed by atoms with Gasteiger partial charge in [0.05, 0.1) is 12.2 Å². The first-order valence-electron chi connectivity index (χ1n) is 12.5. The average Bonchev–Trinajstić information content (AvgIpc) is 3.11. The summed E-state index contributed by atoms with van der Waals surface area (Å²) in [6, 6.07) is 0. The summed E-state index contributed by atoms with van der Waals surface area (Å²) in [5.41, 5.74) is 11.0. The Morgan fingerprint density at radius 1 is 1.30 bits per heavy atom. The number of ether oxygens (including phenoxy) is 1. The van der Waals surface area contributed by atoms with E-state index in [2.05, 4.69) is 39.1 Å². The fraction of sp³-hybridized carbons (Fsp3) is 0.846. The molecule has 0 radical (unpaired) electrons. The van der Waals surface area contributed by atoms with Crippen LogP contribution >= 0.6 is 0 Å². The van der Waals surface area contributed by atoms with E-state index in [1.165, 1.54) is 24.8 Å². The third-order valence-electron chi connectivity index (χ3n) is 9.07. The van der Waals surface area contributed by atoms with Gasteiger partial charge in [-0.25, -0.2) is 0 Å². The van der Waals surface area contributed by atoms with E-state index >= 15 is 0 Å². The van der Waals surface area contributed by atoms with Crippen LogP contribution in [0.25, 0.3) is 0 Å². The van der Waals surface area contributed by atoms with Gasteiger partial charge >= 0.3 is 0 Å². The molecule has 0 spiro atoms. The monoisotopic (exact) mass is 416 g/mol. The molecule has 0 aromatic rings. The maximum Gasteiger partial charge on any atom is 0.109 e. The molecular weight excluding hydrogens is 372 g/mol. The molecule has 170 valence electrons. The molecule has 2 saturated carbocycles. The Kier molecular flexibility index (Phi) is 6.79. The van der Waals surface area contributed by atoms with Crippen molar-refractivity contribution >= 4 is 0 Å². The Bertz CT molecular complexity index is 687. The third kappa shape index (κ3) is 4.05. The predicted molar refractivity (Wildman–Crippen MR) is 123 cm³/mol. The second-order valence-corrected chi connectivity index (χ2v) is 10.9. The molecule has 4 N–H and O–H groups in total. The van der Waals surface area contributed by atoms with Gasteiger partial charge in [-0.15, -0.1) is 0 Å². The lowest BCUT2D eigenvalue weighted by Crippen LogP contribution is -2.41. The van der Waals surface area contributed by atoms with E-state index in [4.69, 9.17) is 10.5 Å². The lowest BCUT2D eigenvalue weighted by Gasteiger charge is -2.48. The Morgan fingerprint density at radius 3 is 2.83 bits per heavy atom. The molecule has 4 aliphatic carbocycles. The molecule has 0 heterocycles. The van der Waals surface area contributed by atoms with Crippen molar-refractivity contribution in [3.05, 3.63) is 22.8 Å². The van der Waals surface area contributed by atoms with Gasteiger partial charge in [0.15, 0.2) is 0 Å². The summed E-state index contributed by atoms with van der Waals surface area (Å²) in [5, 5.41) is 13.8. The van der Waals surface area contributed by atoms with Crippen molar-refractivity contribution < 1.29 is 9.84 Å². The van der Waals surface area contributed by atoms with Crippen molar-refractivity contribution in [2.24, 2.45) is 34.8 Å². The molecule has 0 aliphatic heterocycles. The molecule has 2 fully saturated rings. The lowest BCUT2D eigenvalue weighted by atomic mass is 9.56. The molecule has 30 heavy (non-hydrogen) atoms. The van der Waals surface area contributed by atoms with Gasteiger partial charge in [0.1, 0.15) is 6.23 Å². The van der Waals surface area contributed by atoms with Crippen LogP contribution in [0.4, 0.5) is 0 Å². The minimum atomic E-state index is -0.123. The fourth-order valence-corrected chi connectivity index (χ4v) is 7.18. The maximum absolute atomic E-state index is 10.2. The summed E-state index contributed by atoms with van der Waals surface area (Å²) in [6.45, 7) is 10.8. The van der Waals surface area contributed by atoms with Crippen molar-refractivity contribution in [3.8, 4) is 0 Å². The first-order valence-corrected chi connectivity index (χ1v) is 12.5. The zero-order valence-corrected chi connectivity index (χ0v) is 19.6. The molecule has 0 aromatic carbocycles. The first-order chi connectivity index (χ1) is 14.4. The summed E-state index contributed by atoms with van der Waals surface area (Å²) in [6.07, 6.45) is 11.6. The van der Waals surface area contributed by atoms with Crippen LogP contribution in [-0.2, 0) is 4.74 Å². The highest BCUT2D eigenvalue weighted by Crippen LogP contribution is 2.62. The number of hydrogen-bond acceptors (Lipinski definition) is 4. The summed E-state index contributed by atoms with van der Waals surface area (Å²) < 4.78 is 6.65. The summed E-state index contributed by atoms with van der Waals surface area (Å²) in [7, 11) is 0. The topological polar surface area (TPSA) is 67.5 Å². The smallest absolute Gasteiger partial charge is 0.109 e. The van der Waals surface area contributed by atoms with E-state index in [0.717, 1.165) is 56.4 Å². The fourth-order valence-electron chi connectivity index (χ4n) is 7.18. The third-order valence-corrected chi connectivity index (χ3v) is 9.07. The maximum atomic E-state index is 10.2. The van der Waals surface area contributed by atoms with Gasteiger partial charge in [-0.2, -0.15) is 0 Å². The highest BCUT2D eigenvalue weighted by atomic mass is 16.5. The number of rotatable bonds is 7. The van der Waals surface area contributed by atoms with Crippen LogP contribution in [-0.4, -0.2) is 36.6 Å². The number of aliphatic hydroxyl groups excluding tert-OH is 1. The lowest BCUT2D eigenvalue weighted by molar-refractivity contribution is -0.0326. The summed E-state index contributed by atoms with van der Waals surface area (Å²) in [4.78, 5) is 0. The molecule has 4 rings (SSSR count). The van der Waals surface area contributed by atoms with Crippen molar-refractivity contribution in [1.82, 2.24) is 5.32 Å². The van der Waals surface area contributed by atoms with Crippen molar-refractivity contribution in [1.29, 1.82) is 0 Å². The number of aliphatic hydroxyl groups is 1. The first kappa shape index (κ1) is 22.5. The molecule has 0 amide bonds. The zero-order chi connectivity index (χ0) is 21.5. The van der Waals surface area contributed by atoms with E-state index in [0.29, 0.717) is 17.9 Å². The summed E-state index contributed by atoms with van der Waals surface area (Å²) in [5.74, 6) is 2.76. The van der Waals surface area contributed by atoms with E-state index in [1.807, 2.05) is 0 Å². The number of nitrogens with one attached hydrogen (secondary N) is 1. The molecule has 0 saturated heterocycles. The SMILES string of the molecule is CCNC(CC(C)CN)OC1CCC2C(=C1C)CC1C2CC=C2CC(O)CCC21C. The van der Waals surface area contributed by atoms with E-state index in [9.17, 15) is 5.11 Å². The second-order valence-electron chi connectivity index (χ2n) is 10.9. The number of hydrogen-bond donors (Lipinski definition) is 3. The molecular formula is C26H44N2O2. The Balaban J connectivity index is 1.51. The van der Waals surface area contributed by atoms with Crippen LogP contribution in [0.5, 0.6) is 0 Å². The molecule has 0 bridgehead atoms. The van der Waals surface area contributed by atoms with Crippen LogP contribution in [0.15, 0.2) is 22.8 Å². The largest absolute Gasteiger partial charge is 0.393 e. The van der Waals surface area contributed by atoms with Crippen LogP contribution in [0.1, 0.15) is 79.1 Å². The predicted octanol–water partition coefficient (Wildman–Crippen LogP) is 4.54. The normalized spacial score (nSPS) is 40.3. The van der Waals surface area contributed by atoms with Gasteiger partial charge < -0.3 is 15.6 Å². The standard InChI is InChI=1S/C26H44N2O2/c1-5-28-25(12-16(2)15-27)30-24-9-8-20-21-7-6-18-13-19(29)10-11-26(18,4)23(21)14-22(20)17(24)3/h6,16,19-21,23-25,28-29H,5,7-15,27H2,1-4H3. The van der Waals surface area contributed by atoms with Crippen molar-refractivity contribution in [3.63, 3.8) is 0 Å².